The van der Waals surface area contributed by atoms with Crippen molar-refractivity contribution < 1.29 is 14.2 Å². The lowest BCUT2D eigenvalue weighted by atomic mass is 10.1. The molecule has 3 aromatic rings. The monoisotopic (exact) mass is 310 g/mol. The van der Waals surface area contributed by atoms with E-state index in [9.17, 15) is 0 Å². The molecule has 0 N–H and O–H groups in total. The van der Waals surface area contributed by atoms with E-state index < -0.39 is 0 Å². The smallest absolute Gasteiger partial charge is 0.363 e. The minimum atomic E-state index is 0.0560. The van der Waals surface area contributed by atoms with Crippen molar-refractivity contribution in [2.75, 3.05) is 7.11 Å². The van der Waals surface area contributed by atoms with Gasteiger partial charge in [0.15, 0.2) is 0 Å². The van der Waals surface area contributed by atoms with Gasteiger partial charge in [0.2, 0.25) is 0 Å². The Hall–Kier alpha value is -2.59. The van der Waals surface area contributed by atoms with E-state index in [1.807, 2.05) is 42.5 Å². The highest BCUT2D eigenvalue weighted by Crippen LogP contribution is 2.22. The molecule has 0 aromatic heterocycles. The van der Waals surface area contributed by atoms with Gasteiger partial charge in [-0.3, -0.25) is 0 Å². The third-order valence-electron chi connectivity index (χ3n) is 3.18. The van der Waals surface area contributed by atoms with Crippen LogP contribution in [0.1, 0.15) is 0 Å². The van der Waals surface area contributed by atoms with E-state index in [-0.39, 0.29) is 5.24 Å². The van der Waals surface area contributed by atoms with E-state index in [4.69, 9.17) is 26.4 Å². The van der Waals surface area contributed by atoms with Crippen LogP contribution in [0.5, 0.6) is 17.2 Å². The summed E-state index contributed by atoms with van der Waals surface area (Å²) in [6.45, 7) is 0. The summed E-state index contributed by atoms with van der Waals surface area (Å²) >= 11 is 5.13. The Bertz CT molecular complexity index is 797. The largest absolute Gasteiger partial charge is 0.497 e. The average Bonchev–Trinajstić information content (AvgIpc) is 2.55. The molecule has 0 unspecified atom stereocenters. The van der Waals surface area contributed by atoms with Crippen LogP contribution >= 0.6 is 12.2 Å². The van der Waals surface area contributed by atoms with Gasteiger partial charge in [-0.15, -0.1) is 0 Å². The molecule has 0 saturated heterocycles. The molecule has 0 fully saturated rings. The van der Waals surface area contributed by atoms with Crippen molar-refractivity contribution in [1.29, 1.82) is 0 Å². The van der Waals surface area contributed by atoms with Crippen molar-refractivity contribution >= 4 is 28.2 Å². The molecule has 0 aliphatic rings. The Labute approximate surface area is 134 Å². The molecule has 4 heteroatoms. The zero-order chi connectivity index (χ0) is 15.4. The predicted octanol–water partition coefficient (Wildman–Crippen LogP) is 4.59. The van der Waals surface area contributed by atoms with Crippen LogP contribution in [0.15, 0.2) is 66.7 Å². The zero-order valence-electron chi connectivity index (χ0n) is 12.0. The van der Waals surface area contributed by atoms with Crippen LogP contribution in [-0.2, 0) is 0 Å². The lowest BCUT2D eigenvalue weighted by Gasteiger charge is -2.09. The Morgan fingerprint density at radius 3 is 2.05 bits per heavy atom. The first-order valence-electron chi connectivity index (χ1n) is 6.77. The molecule has 0 heterocycles. The van der Waals surface area contributed by atoms with Gasteiger partial charge in [0.05, 0.1) is 7.11 Å². The van der Waals surface area contributed by atoms with Crippen LogP contribution in [0.25, 0.3) is 10.8 Å². The van der Waals surface area contributed by atoms with Crippen LogP contribution in [0, 0.1) is 0 Å². The Morgan fingerprint density at radius 2 is 1.32 bits per heavy atom. The molecule has 22 heavy (non-hydrogen) atoms. The second-order valence-corrected chi connectivity index (χ2v) is 4.97. The molecule has 0 amide bonds. The first-order valence-corrected chi connectivity index (χ1v) is 7.18. The number of fused-ring (bicyclic) bond motifs is 1. The van der Waals surface area contributed by atoms with Gasteiger partial charge >= 0.3 is 5.24 Å². The average molecular weight is 310 g/mol. The summed E-state index contributed by atoms with van der Waals surface area (Å²) in [5, 5.41) is 2.30. The zero-order valence-corrected chi connectivity index (χ0v) is 12.8. The molecular formula is C18H14O3S. The minimum Gasteiger partial charge on any atom is -0.497 e. The van der Waals surface area contributed by atoms with Crippen LogP contribution in [0.4, 0.5) is 0 Å². The first-order chi connectivity index (χ1) is 10.7. The molecular weight excluding hydrogens is 296 g/mol. The maximum Gasteiger partial charge on any atom is 0.363 e. The lowest BCUT2D eigenvalue weighted by molar-refractivity contribution is 0.399. The second kappa shape index (κ2) is 6.45. The summed E-state index contributed by atoms with van der Waals surface area (Å²) in [6.07, 6.45) is 0. The Balaban J connectivity index is 1.69. The maximum atomic E-state index is 5.56. The standard InChI is InChI=1S/C18H14O3S/c1-19-15-8-10-16(11-9-15)20-18(22)21-17-7-6-13-4-2-3-5-14(13)12-17/h2-12H,1H3. The molecule has 3 aromatic carbocycles. The van der Waals surface area contributed by atoms with Crippen molar-refractivity contribution in [3.8, 4) is 17.2 Å². The lowest BCUT2D eigenvalue weighted by Crippen LogP contribution is -2.13. The molecule has 3 nitrogen and oxygen atoms in total. The van der Waals surface area contributed by atoms with Gasteiger partial charge in [-0.2, -0.15) is 0 Å². The molecule has 110 valence electrons. The molecule has 0 saturated carbocycles. The number of rotatable bonds is 3. The van der Waals surface area contributed by atoms with Gasteiger partial charge < -0.3 is 14.2 Å². The summed E-state index contributed by atoms with van der Waals surface area (Å²) in [6, 6.07) is 21.0. The highest BCUT2D eigenvalue weighted by atomic mass is 32.1. The maximum absolute atomic E-state index is 5.56. The van der Waals surface area contributed by atoms with Crippen LogP contribution in [0.2, 0.25) is 0 Å². The highest BCUT2D eigenvalue weighted by Gasteiger charge is 2.05. The van der Waals surface area contributed by atoms with Gasteiger partial charge in [0, 0.05) is 12.2 Å². The van der Waals surface area contributed by atoms with Crippen molar-refractivity contribution in [3.05, 3.63) is 66.7 Å². The summed E-state index contributed by atoms with van der Waals surface area (Å²) in [4.78, 5) is 0. The third kappa shape index (κ3) is 3.35. The number of ether oxygens (including phenoxy) is 3. The van der Waals surface area contributed by atoms with E-state index in [0.29, 0.717) is 11.5 Å². The molecule has 3 rings (SSSR count). The van der Waals surface area contributed by atoms with Crippen LogP contribution in [0.3, 0.4) is 0 Å². The minimum absolute atomic E-state index is 0.0560. The fraction of sp³-hybridized carbons (Fsp3) is 0.0556. The molecule has 0 atom stereocenters. The van der Waals surface area contributed by atoms with Gasteiger partial charge in [-0.25, -0.2) is 0 Å². The van der Waals surface area contributed by atoms with E-state index in [0.717, 1.165) is 16.5 Å². The summed E-state index contributed by atoms with van der Waals surface area (Å²) < 4.78 is 16.1. The van der Waals surface area contributed by atoms with Gasteiger partial charge in [-0.05, 0) is 47.2 Å². The van der Waals surface area contributed by atoms with E-state index >= 15 is 0 Å². The van der Waals surface area contributed by atoms with Crippen molar-refractivity contribution in [2.45, 2.75) is 0 Å². The molecule has 0 spiro atoms. The van der Waals surface area contributed by atoms with Gasteiger partial charge in [0.1, 0.15) is 17.2 Å². The molecule has 0 radical (unpaired) electrons. The quantitative estimate of drug-likeness (QED) is 0.661. The predicted molar refractivity (Wildman–Crippen MR) is 90.8 cm³/mol. The van der Waals surface area contributed by atoms with E-state index in [1.165, 1.54) is 0 Å². The normalized spacial score (nSPS) is 10.2. The summed E-state index contributed by atoms with van der Waals surface area (Å²) in [7, 11) is 1.61. The Kier molecular flexibility index (Phi) is 4.21. The molecule has 0 aliphatic carbocycles. The molecule has 0 bridgehead atoms. The van der Waals surface area contributed by atoms with E-state index in [2.05, 4.69) is 0 Å². The van der Waals surface area contributed by atoms with Gasteiger partial charge in [-0.1, -0.05) is 30.3 Å². The molecule has 0 aliphatic heterocycles. The topological polar surface area (TPSA) is 27.7 Å². The number of thiocarbonyl (C=S) groups is 1. The number of hydrogen-bond acceptors (Lipinski definition) is 4. The van der Waals surface area contributed by atoms with Crippen molar-refractivity contribution in [1.82, 2.24) is 0 Å². The second-order valence-electron chi connectivity index (χ2n) is 4.64. The van der Waals surface area contributed by atoms with Crippen molar-refractivity contribution in [2.24, 2.45) is 0 Å². The highest BCUT2D eigenvalue weighted by molar-refractivity contribution is 7.79. The van der Waals surface area contributed by atoms with Crippen LogP contribution < -0.4 is 14.2 Å². The summed E-state index contributed by atoms with van der Waals surface area (Å²) in [5.41, 5.74) is 0. The van der Waals surface area contributed by atoms with Crippen molar-refractivity contribution in [3.63, 3.8) is 0 Å². The third-order valence-corrected chi connectivity index (χ3v) is 3.35. The number of benzene rings is 3. The van der Waals surface area contributed by atoms with Gasteiger partial charge in [0.25, 0.3) is 0 Å². The van der Waals surface area contributed by atoms with E-state index in [1.54, 1.807) is 31.4 Å². The number of hydrogen-bond donors (Lipinski definition) is 0. The SMILES string of the molecule is COc1ccc(OC(=S)Oc2ccc3ccccc3c2)cc1. The van der Waals surface area contributed by atoms with Crippen LogP contribution in [-0.4, -0.2) is 12.3 Å². The summed E-state index contributed by atoms with van der Waals surface area (Å²) in [5.74, 6) is 2.01. The number of methoxy groups -OCH3 is 1. The fourth-order valence-corrected chi connectivity index (χ4v) is 2.28. The first kappa shape index (κ1) is 14.4. The fourth-order valence-electron chi connectivity index (χ4n) is 2.09. The Morgan fingerprint density at radius 1 is 0.727 bits per heavy atom.